The Morgan fingerprint density at radius 2 is 1.73 bits per heavy atom. The van der Waals surface area contributed by atoms with Crippen molar-refractivity contribution in [2.24, 2.45) is 7.05 Å². The van der Waals surface area contributed by atoms with Crippen LogP contribution >= 0.6 is 0 Å². The Bertz CT molecular complexity index is 982. The lowest BCUT2D eigenvalue weighted by molar-refractivity contribution is 0.315. The minimum Gasteiger partial charge on any atom is -0.504 e. The molecular formula is C17H15NO4. The van der Waals surface area contributed by atoms with Gasteiger partial charge in [0.1, 0.15) is 0 Å². The van der Waals surface area contributed by atoms with Gasteiger partial charge in [-0.1, -0.05) is 18.2 Å². The fraction of sp³-hybridized carbons (Fsp3) is 0.176. The predicted octanol–water partition coefficient (Wildman–Crippen LogP) is 3.69. The first-order valence-electron chi connectivity index (χ1n) is 7.09. The number of ether oxygens (including phenoxy) is 1. The third kappa shape index (κ3) is 1.28. The van der Waals surface area contributed by atoms with Gasteiger partial charge in [0.05, 0.1) is 28.6 Å². The number of nitrogens with zero attached hydrogens (tertiary/aromatic N) is 1. The van der Waals surface area contributed by atoms with Crippen LogP contribution in [0.5, 0.6) is 11.5 Å². The summed E-state index contributed by atoms with van der Waals surface area (Å²) in [5, 5.41) is 32.2. The number of benzene rings is 2. The van der Waals surface area contributed by atoms with Gasteiger partial charge in [0.2, 0.25) is 0 Å². The lowest BCUT2D eigenvalue weighted by Gasteiger charge is -2.24. The van der Waals surface area contributed by atoms with Crippen LogP contribution in [0.2, 0.25) is 0 Å². The average molecular weight is 297 g/mol. The molecule has 3 N–H and O–H groups in total. The molecule has 5 heteroatoms. The normalized spacial score (nSPS) is 13.5. The molecule has 0 unspecified atom stereocenters. The number of aromatic nitrogens is 1. The summed E-state index contributed by atoms with van der Waals surface area (Å²) >= 11 is 0. The molecule has 112 valence electrons. The fourth-order valence-electron chi connectivity index (χ4n) is 3.31. The summed E-state index contributed by atoms with van der Waals surface area (Å²) in [7, 11) is 1.87. The molecule has 1 aliphatic carbocycles. The Morgan fingerprint density at radius 3 is 2.45 bits per heavy atom. The van der Waals surface area contributed by atoms with Crippen LogP contribution in [0.15, 0.2) is 24.3 Å². The van der Waals surface area contributed by atoms with E-state index in [1.165, 1.54) is 0 Å². The van der Waals surface area contributed by atoms with Gasteiger partial charge in [0.15, 0.2) is 23.0 Å². The number of hydrogen-bond donors (Lipinski definition) is 3. The van der Waals surface area contributed by atoms with Gasteiger partial charge < -0.3 is 24.6 Å². The van der Waals surface area contributed by atoms with Crippen molar-refractivity contribution < 1.29 is 20.1 Å². The molecule has 0 saturated carbocycles. The second kappa shape index (κ2) is 4.10. The first-order chi connectivity index (χ1) is 10.6. The molecule has 22 heavy (non-hydrogen) atoms. The summed E-state index contributed by atoms with van der Waals surface area (Å²) in [4.78, 5) is 0. The maximum absolute atomic E-state index is 10.7. The highest BCUT2D eigenvalue weighted by Crippen LogP contribution is 2.54. The first-order valence-corrected chi connectivity index (χ1v) is 7.09. The van der Waals surface area contributed by atoms with E-state index in [2.05, 4.69) is 0 Å². The molecule has 1 aliphatic rings. The van der Waals surface area contributed by atoms with Gasteiger partial charge in [-0.15, -0.1) is 0 Å². The zero-order valence-electron chi connectivity index (χ0n) is 12.2. The van der Waals surface area contributed by atoms with E-state index < -0.39 is 0 Å². The van der Waals surface area contributed by atoms with E-state index in [9.17, 15) is 15.3 Å². The van der Waals surface area contributed by atoms with Crippen LogP contribution in [0.3, 0.4) is 0 Å². The molecule has 3 aromatic rings. The quantitative estimate of drug-likeness (QED) is 0.674. The number of aromatic hydroxyl groups is 1. The molecule has 0 aliphatic heterocycles. The van der Waals surface area contributed by atoms with E-state index in [-0.39, 0.29) is 23.0 Å². The molecule has 0 fully saturated rings. The molecule has 0 radical (unpaired) electrons. The highest BCUT2D eigenvalue weighted by atomic mass is 16.5. The summed E-state index contributed by atoms with van der Waals surface area (Å²) in [5.41, 5.74) is 2.51. The largest absolute Gasteiger partial charge is 0.504 e. The van der Waals surface area contributed by atoms with Crippen LogP contribution in [-0.2, 0) is 7.05 Å². The summed E-state index contributed by atoms with van der Waals surface area (Å²) < 4.78 is 7.42. The number of aliphatic hydroxyl groups is 2. The highest BCUT2D eigenvalue weighted by molar-refractivity contribution is 6.20. The van der Waals surface area contributed by atoms with Gasteiger partial charge in [0.25, 0.3) is 0 Å². The Hall–Kier alpha value is -2.82. The van der Waals surface area contributed by atoms with Gasteiger partial charge >= 0.3 is 0 Å². The summed E-state index contributed by atoms with van der Waals surface area (Å²) in [6, 6.07) is 7.68. The molecule has 0 spiro atoms. The Balaban J connectivity index is 2.27. The van der Waals surface area contributed by atoms with Gasteiger partial charge in [-0.25, -0.2) is 0 Å². The number of para-hydroxylation sites is 1. The monoisotopic (exact) mass is 297 g/mol. The molecule has 0 amide bonds. The number of fused-ring (bicyclic) bond motifs is 5. The minimum atomic E-state index is -0.235. The minimum absolute atomic E-state index is 0.00792. The van der Waals surface area contributed by atoms with Crippen molar-refractivity contribution in [1.82, 2.24) is 4.57 Å². The van der Waals surface area contributed by atoms with E-state index in [1.807, 2.05) is 35.9 Å². The maximum Gasteiger partial charge on any atom is 0.173 e. The first kappa shape index (κ1) is 12.9. The maximum atomic E-state index is 10.7. The van der Waals surface area contributed by atoms with E-state index in [0.717, 1.165) is 10.9 Å². The third-order valence-electron chi connectivity index (χ3n) is 4.26. The standard InChI is InChI=1S/C17H15NO4/c1-3-22-17-12-11(14(19)15(12)20)13-10(16(17)21)8-6-4-5-7-9(8)18(13)2/h4-7,19-21H,3H2,1-2H3. The van der Waals surface area contributed by atoms with Gasteiger partial charge in [-0.2, -0.15) is 0 Å². The highest BCUT2D eigenvalue weighted by Gasteiger charge is 2.37. The van der Waals surface area contributed by atoms with E-state index in [0.29, 0.717) is 28.6 Å². The Morgan fingerprint density at radius 1 is 1.05 bits per heavy atom. The molecule has 5 nitrogen and oxygen atoms in total. The van der Waals surface area contributed by atoms with Crippen molar-refractivity contribution in [2.45, 2.75) is 6.92 Å². The van der Waals surface area contributed by atoms with Crippen LogP contribution in [-0.4, -0.2) is 26.5 Å². The van der Waals surface area contributed by atoms with Crippen molar-refractivity contribution in [3.05, 3.63) is 35.4 Å². The third-order valence-corrected chi connectivity index (χ3v) is 4.26. The number of aryl methyl sites for hydroxylation is 1. The second-order valence-electron chi connectivity index (χ2n) is 5.36. The number of aliphatic hydroxyl groups excluding tert-OH is 2. The molecule has 1 aromatic heterocycles. The summed E-state index contributed by atoms with van der Waals surface area (Å²) in [5.74, 6) is -0.184. The summed E-state index contributed by atoms with van der Waals surface area (Å²) in [6.45, 7) is 2.16. The van der Waals surface area contributed by atoms with Crippen molar-refractivity contribution in [2.75, 3.05) is 6.61 Å². The Labute approximate surface area is 126 Å². The molecule has 1 heterocycles. The van der Waals surface area contributed by atoms with Gasteiger partial charge in [0, 0.05) is 18.0 Å². The van der Waals surface area contributed by atoms with E-state index >= 15 is 0 Å². The zero-order valence-corrected chi connectivity index (χ0v) is 12.2. The number of hydrogen-bond acceptors (Lipinski definition) is 4. The molecule has 0 bridgehead atoms. The van der Waals surface area contributed by atoms with Crippen LogP contribution in [0.25, 0.3) is 33.3 Å². The summed E-state index contributed by atoms with van der Waals surface area (Å²) in [6.07, 6.45) is 0. The Kier molecular flexibility index (Phi) is 2.40. The SMILES string of the molecule is CCOc1c2c(c3c(c1O)c1ccccc1n3C)C(O)=C2O. The zero-order chi connectivity index (χ0) is 15.6. The number of phenols is 1. The van der Waals surface area contributed by atoms with Gasteiger partial charge in [-0.3, -0.25) is 0 Å². The molecular weight excluding hydrogens is 282 g/mol. The van der Waals surface area contributed by atoms with Crippen molar-refractivity contribution in [1.29, 1.82) is 0 Å². The smallest absolute Gasteiger partial charge is 0.173 e. The molecule has 4 rings (SSSR count). The lowest BCUT2D eigenvalue weighted by atomic mass is 9.88. The fourth-order valence-corrected chi connectivity index (χ4v) is 3.31. The van der Waals surface area contributed by atoms with E-state index in [1.54, 1.807) is 6.92 Å². The van der Waals surface area contributed by atoms with Crippen LogP contribution in [0.1, 0.15) is 18.1 Å². The molecule has 0 atom stereocenters. The second-order valence-corrected chi connectivity index (χ2v) is 5.36. The van der Waals surface area contributed by atoms with Crippen LogP contribution in [0.4, 0.5) is 0 Å². The molecule has 2 aromatic carbocycles. The number of phenolic OH excluding ortho intramolecular Hbond substituents is 1. The van der Waals surface area contributed by atoms with Gasteiger partial charge in [-0.05, 0) is 13.0 Å². The average Bonchev–Trinajstić information content (AvgIpc) is 2.82. The van der Waals surface area contributed by atoms with Crippen molar-refractivity contribution >= 4 is 33.3 Å². The lowest BCUT2D eigenvalue weighted by Crippen LogP contribution is -2.11. The van der Waals surface area contributed by atoms with Crippen LogP contribution in [0, 0.1) is 0 Å². The van der Waals surface area contributed by atoms with Crippen molar-refractivity contribution in [3.63, 3.8) is 0 Å². The predicted molar refractivity (Wildman–Crippen MR) is 85.3 cm³/mol. The van der Waals surface area contributed by atoms with Crippen molar-refractivity contribution in [3.8, 4) is 11.5 Å². The molecule has 0 saturated heterocycles. The topological polar surface area (TPSA) is 74.9 Å². The van der Waals surface area contributed by atoms with Crippen LogP contribution < -0.4 is 4.74 Å². The number of rotatable bonds is 2. The van der Waals surface area contributed by atoms with E-state index in [4.69, 9.17) is 4.74 Å².